The van der Waals surface area contributed by atoms with Crippen LogP contribution in [0.5, 0.6) is 0 Å². The van der Waals surface area contributed by atoms with Gasteiger partial charge in [0.05, 0.1) is 6.54 Å². The van der Waals surface area contributed by atoms with Gasteiger partial charge in [0.15, 0.2) is 5.60 Å². The lowest BCUT2D eigenvalue weighted by Gasteiger charge is -2.26. The number of aliphatic hydroxyl groups is 1. The van der Waals surface area contributed by atoms with Crippen LogP contribution in [0.2, 0.25) is 0 Å². The van der Waals surface area contributed by atoms with E-state index >= 15 is 0 Å². The van der Waals surface area contributed by atoms with Crippen molar-refractivity contribution in [1.82, 2.24) is 9.97 Å². The minimum absolute atomic E-state index is 0.00176. The molecule has 0 bridgehead atoms. The Morgan fingerprint density at radius 1 is 1.38 bits per heavy atom. The number of nitrogens with one attached hydrogen (secondary N) is 1. The molecule has 1 aliphatic carbocycles. The van der Waals surface area contributed by atoms with Crippen LogP contribution in [0, 0.1) is 0 Å². The SMILES string of the molecule is Nc1nc(NC2CC2)cc(N2CC[C@@](O)(C(F)(F)F)C2)n1. The van der Waals surface area contributed by atoms with Crippen molar-refractivity contribution in [2.24, 2.45) is 0 Å². The molecule has 2 aliphatic rings. The molecular weight excluding hydrogens is 287 g/mol. The van der Waals surface area contributed by atoms with Crippen LogP contribution >= 0.6 is 0 Å². The van der Waals surface area contributed by atoms with Gasteiger partial charge in [0, 0.05) is 25.1 Å². The summed E-state index contributed by atoms with van der Waals surface area (Å²) in [7, 11) is 0. The highest BCUT2D eigenvalue weighted by Crippen LogP contribution is 2.39. The molecule has 21 heavy (non-hydrogen) atoms. The van der Waals surface area contributed by atoms with E-state index in [0.29, 0.717) is 17.7 Å². The van der Waals surface area contributed by atoms with E-state index in [1.54, 1.807) is 6.07 Å². The Labute approximate surface area is 119 Å². The maximum atomic E-state index is 12.8. The van der Waals surface area contributed by atoms with Crippen LogP contribution in [0.4, 0.5) is 30.8 Å². The summed E-state index contributed by atoms with van der Waals surface area (Å²) < 4.78 is 38.5. The summed E-state index contributed by atoms with van der Waals surface area (Å²) in [6.45, 7) is -0.481. The van der Waals surface area contributed by atoms with Gasteiger partial charge in [-0.2, -0.15) is 23.1 Å². The lowest BCUT2D eigenvalue weighted by atomic mass is 10.0. The highest BCUT2D eigenvalue weighted by molar-refractivity contribution is 5.54. The number of hydrogen-bond donors (Lipinski definition) is 3. The molecule has 1 aromatic rings. The number of hydrogen-bond acceptors (Lipinski definition) is 6. The van der Waals surface area contributed by atoms with Crippen LogP contribution in [0.3, 0.4) is 0 Å². The summed E-state index contributed by atoms with van der Waals surface area (Å²) in [5, 5.41) is 12.8. The van der Waals surface area contributed by atoms with Gasteiger partial charge in [-0.25, -0.2) is 0 Å². The van der Waals surface area contributed by atoms with Crippen molar-refractivity contribution in [3.8, 4) is 0 Å². The average molecular weight is 303 g/mol. The number of alkyl halides is 3. The Morgan fingerprint density at radius 3 is 2.67 bits per heavy atom. The van der Waals surface area contributed by atoms with Crippen LogP contribution in [0.1, 0.15) is 19.3 Å². The first-order valence-corrected chi connectivity index (χ1v) is 6.72. The minimum atomic E-state index is -4.66. The zero-order valence-corrected chi connectivity index (χ0v) is 11.2. The number of β-amino-alcohol motifs (C(OH)–C–C–N with tert-alkyl or cyclic N) is 1. The Balaban J connectivity index is 1.79. The maximum Gasteiger partial charge on any atom is 0.418 e. The number of anilines is 3. The molecule has 1 atom stereocenters. The fourth-order valence-electron chi connectivity index (χ4n) is 2.35. The lowest BCUT2D eigenvalue weighted by Crippen LogP contribution is -2.47. The van der Waals surface area contributed by atoms with Gasteiger partial charge in [0.25, 0.3) is 0 Å². The van der Waals surface area contributed by atoms with Gasteiger partial charge in [0.2, 0.25) is 5.95 Å². The smallest absolute Gasteiger partial charge is 0.379 e. The largest absolute Gasteiger partial charge is 0.418 e. The van der Waals surface area contributed by atoms with Gasteiger partial charge in [-0.05, 0) is 12.8 Å². The van der Waals surface area contributed by atoms with E-state index in [-0.39, 0.29) is 18.9 Å². The molecule has 9 heteroatoms. The van der Waals surface area contributed by atoms with Crippen LogP contribution in [0.15, 0.2) is 6.07 Å². The molecule has 116 valence electrons. The molecule has 4 N–H and O–H groups in total. The molecule has 1 aromatic heterocycles. The van der Waals surface area contributed by atoms with Crippen molar-refractivity contribution in [3.63, 3.8) is 0 Å². The van der Waals surface area contributed by atoms with Gasteiger partial charge in [-0.1, -0.05) is 0 Å². The molecule has 0 amide bonds. The second-order valence-corrected chi connectivity index (χ2v) is 5.59. The number of halogens is 3. The van der Waals surface area contributed by atoms with E-state index in [2.05, 4.69) is 15.3 Å². The molecule has 0 unspecified atom stereocenters. The van der Waals surface area contributed by atoms with Crippen molar-refractivity contribution in [2.75, 3.05) is 29.0 Å². The summed E-state index contributed by atoms with van der Waals surface area (Å²) in [6, 6.07) is 1.91. The third-order valence-corrected chi connectivity index (χ3v) is 3.76. The predicted molar refractivity (Wildman–Crippen MR) is 70.9 cm³/mol. The monoisotopic (exact) mass is 303 g/mol. The first kappa shape index (κ1) is 14.2. The van der Waals surface area contributed by atoms with Crippen LogP contribution < -0.4 is 16.0 Å². The predicted octanol–water partition coefficient (Wildman–Crippen LogP) is 1.14. The third kappa shape index (κ3) is 2.82. The average Bonchev–Trinajstić information content (AvgIpc) is 3.07. The number of nitrogens with two attached hydrogens (primary N) is 1. The van der Waals surface area contributed by atoms with Crippen LogP contribution in [0.25, 0.3) is 0 Å². The molecule has 0 aromatic carbocycles. The lowest BCUT2D eigenvalue weighted by molar-refractivity contribution is -0.250. The number of rotatable bonds is 3. The third-order valence-electron chi connectivity index (χ3n) is 3.76. The van der Waals surface area contributed by atoms with E-state index in [1.165, 1.54) is 4.90 Å². The Kier molecular flexibility index (Phi) is 3.12. The van der Waals surface area contributed by atoms with Gasteiger partial charge in [-0.3, -0.25) is 0 Å². The van der Waals surface area contributed by atoms with Gasteiger partial charge >= 0.3 is 6.18 Å². The first-order valence-electron chi connectivity index (χ1n) is 6.72. The highest BCUT2D eigenvalue weighted by Gasteiger charge is 2.57. The maximum absolute atomic E-state index is 12.8. The Morgan fingerprint density at radius 2 is 2.10 bits per heavy atom. The zero-order chi connectivity index (χ0) is 15.3. The second-order valence-electron chi connectivity index (χ2n) is 5.59. The quantitative estimate of drug-likeness (QED) is 0.776. The molecule has 2 fully saturated rings. The first-order chi connectivity index (χ1) is 9.77. The fraction of sp³-hybridized carbons (Fsp3) is 0.667. The number of nitrogens with zero attached hydrogens (tertiary/aromatic N) is 3. The summed E-state index contributed by atoms with van der Waals surface area (Å²) in [5.74, 6) is 0.798. The molecule has 0 radical (unpaired) electrons. The molecule has 1 saturated carbocycles. The van der Waals surface area contributed by atoms with Crippen molar-refractivity contribution in [3.05, 3.63) is 6.07 Å². The standard InChI is InChI=1S/C12H16F3N5O/c13-12(14,15)11(21)3-4-20(6-11)9-5-8(17-7-1-2-7)18-10(16)19-9/h5,7,21H,1-4,6H2,(H3,16,17,18,19)/t11-/m0/s1. The van der Waals surface area contributed by atoms with Gasteiger partial charge in [-0.15, -0.1) is 0 Å². The fourth-order valence-corrected chi connectivity index (χ4v) is 2.35. The molecular formula is C12H16F3N5O. The van der Waals surface area contributed by atoms with E-state index in [9.17, 15) is 18.3 Å². The summed E-state index contributed by atoms with van der Waals surface area (Å²) in [4.78, 5) is 9.36. The van der Waals surface area contributed by atoms with E-state index in [1.807, 2.05) is 0 Å². The summed E-state index contributed by atoms with van der Waals surface area (Å²) in [5.41, 5.74) is 2.91. The van der Waals surface area contributed by atoms with E-state index in [0.717, 1.165) is 12.8 Å². The van der Waals surface area contributed by atoms with Gasteiger partial charge < -0.3 is 21.1 Å². The summed E-state index contributed by atoms with van der Waals surface area (Å²) in [6.07, 6.45) is -2.96. The molecule has 0 spiro atoms. The van der Waals surface area contributed by atoms with Crippen molar-refractivity contribution < 1.29 is 18.3 Å². The summed E-state index contributed by atoms with van der Waals surface area (Å²) >= 11 is 0. The Bertz CT molecular complexity index is 548. The molecule has 6 nitrogen and oxygen atoms in total. The molecule has 2 heterocycles. The molecule has 3 rings (SSSR count). The highest BCUT2D eigenvalue weighted by atomic mass is 19.4. The van der Waals surface area contributed by atoms with Gasteiger partial charge in [0.1, 0.15) is 11.6 Å². The van der Waals surface area contributed by atoms with Crippen molar-refractivity contribution in [1.29, 1.82) is 0 Å². The Hall–Kier alpha value is -1.77. The molecule has 1 saturated heterocycles. The normalized spacial score (nSPS) is 26.2. The number of nitrogen functional groups attached to an aromatic ring is 1. The van der Waals surface area contributed by atoms with Crippen molar-refractivity contribution in [2.45, 2.75) is 37.1 Å². The topological polar surface area (TPSA) is 87.3 Å². The van der Waals surface area contributed by atoms with Crippen LogP contribution in [-0.4, -0.2) is 46.0 Å². The number of aromatic nitrogens is 2. The van der Waals surface area contributed by atoms with E-state index in [4.69, 9.17) is 5.73 Å². The minimum Gasteiger partial charge on any atom is -0.379 e. The van der Waals surface area contributed by atoms with E-state index < -0.39 is 18.3 Å². The second kappa shape index (κ2) is 4.62. The zero-order valence-electron chi connectivity index (χ0n) is 11.2. The van der Waals surface area contributed by atoms with Crippen LogP contribution in [-0.2, 0) is 0 Å². The molecule has 1 aliphatic heterocycles. The van der Waals surface area contributed by atoms with Crippen molar-refractivity contribution >= 4 is 17.6 Å².